The quantitative estimate of drug-likeness (QED) is 0.876. The first kappa shape index (κ1) is 15.9. The Bertz CT molecular complexity index is 666. The highest BCUT2D eigenvalue weighted by Gasteiger charge is 2.08. The molecule has 0 saturated carbocycles. The highest BCUT2D eigenvalue weighted by molar-refractivity contribution is 5.91. The Morgan fingerprint density at radius 3 is 2.36 bits per heavy atom. The normalized spacial score (nSPS) is 10.4. The molecule has 5 heteroatoms. The fourth-order valence-corrected chi connectivity index (χ4v) is 2.01. The van der Waals surface area contributed by atoms with Gasteiger partial charge in [-0.25, -0.2) is 8.78 Å². The average Bonchev–Trinajstić information content (AvgIpc) is 2.46. The first-order valence-corrected chi connectivity index (χ1v) is 7.02. The molecular weight excluding hydrogens is 286 g/mol. The van der Waals surface area contributed by atoms with E-state index in [1.54, 1.807) is 0 Å². The maximum atomic E-state index is 13.4. The minimum absolute atomic E-state index is 0.112. The summed E-state index contributed by atoms with van der Waals surface area (Å²) in [6.07, 6.45) is 0.112. The van der Waals surface area contributed by atoms with Crippen LogP contribution in [0.15, 0.2) is 36.4 Å². The summed E-state index contributed by atoms with van der Waals surface area (Å²) >= 11 is 0. The third kappa shape index (κ3) is 4.04. The van der Waals surface area contributed by atoms with Crippen molar-refractivity contribution in [2.75, 3.05) is 17.2 Å². The Kier molecular flexibility index (Phi) is 5.09. The van der Waals surface area contributed by atoms with E-state index >= 15 is 0 Å². The van der Waals surface area contributed by atoms with Crippen LogP contribution in [0.1, 0.15) is 17.5 Å². The van der Waals surface area contributed by atoms with Gasteiger partial charge in [0.05, 0.1) is 0 Å². The van der Waals surface area contributed by atoms with Crippen molar-refractivity contribution in [3.05, 3.63) is 59.2 Å². The lowest BCUT2D eigenvalue weighted by molar-refractivity contribution is -0.115. The van der Waals surface area contributed by atoms with Crippen molar-refractivity contribution in [2.24, 2.45) is 0 Å². The molecule has 0 heterocycles. The minimum atomic E-state index is -0.672. The Morgan fingerprint density at radius 1 is 1.05 bits per heavy atom. The van der Waals surface area contributed by atoms with Crippen LogP contribution in [-0.4, -0.2) is 12.5 Å². The van der Waals surface area contributed by atoms with Gasteiger partial charge in [0.25, 0.3) is 0 Å². The molecule has 0 aliphatic carbocycles. The molecule has 2 rings (SSSR count). The largest absolute Gasteiger partial charge is 0.380 e. The van der Waals surface area contributed by atoms with Crippen LogP contribution in [0, 0.1) is 25.5 Å². The topological polar surface area (TPSA) is 41.1 Å². The number of rotatable bonds is 5. The first-order chi connectivity index (χ1) is 10.5. The highest BCUT2D eigenvalue weighted by Crippen LogP contribution is 2.18. The van der Waals surface area contributed by atoms with Crippen LogP contribution in [0.2, 0.25) is 0 Å². The molecule has 0 aliphatic rings. The summed E-state index contributed by atoms with van der Waals surface area (Å²) in [5.41, 5.74) is 2.74. The number of nitrogens with one attached hydrogen (secondary N) is 2. The van der Waals surface area contributed by atoms with Gasteiger partial charge in [-0.3, -0.25) is 4.79 Å². The van der Waals surface area contributed by atoms with E-state index in [0.717, 1.165) is 11.1 Å². The van der Waals surface area contributed by atoms with Crippen molar-refractivity contribution < 1.29 is 13.6 Å². The van der Waals surface area contributed by atoms with Gasteiger partial charge in [0.1, 0.15) is 17.3 Å². The zero-order chi connectivity index (χ0) is 16.1. The van der Waals surface area contributed by atoms with Crippen molar-refractivity contribution in [3.63, 3.8) is 0 Å². The Balaban J connectivity index is 1.86. The molecule has 0 fully saturated rings. The summed E-state index contributed by atoms with van der Waals surface area (Å²) in [4.78, 5) is 11.8. The van der Waals surface area contributed by atoms with Crippen LogP contribution >= 0.6 is 0 Å². The number of halogens is 2. The van der Waals surface area contributed by atoms with E-state index in [4.69, 9.17) is 0 Å². The van der Waals surface area contributed by atoms with Crippen molar-refractivity contribution >= 4 is 17.3 Å². The summed E-state index contributed by atoms with van der Waals surface area (Å²) in [5, 5.41) is 5.37. The molecule has 116 valence electrons. The van der Waals surface area contributed by atoms with E-state index in [9.17, 15) is 13.6 Å². The second-order valence-electron chi connectivity index (χ2n) is 5.12. The molecule has 22 heavy (non-hydrogen) atoms. The van der Waals surface area contributed by atoms with Crippen LogP contribution in [0.3, 0.4) is 0 Å². The van der Waals surface area contributed by atoms with Crippen molar-refractivity contribution in [1.82, 2.24) is 0 Å². The lowest BCUT2D eigenvalue weighted by atomic mass is 10.1. The molecule has 2 aromatic carbocycles. The number of hydrogen-bond acceptors (Lipinski definition) is 2. The maximum absolute atomic E-state index is 13.4. The maximum Gasteiger partial charge on any atom is 0.226 e. The third-order valence-corrected chi connectivity index (χ3v) is 3.41. The molecule has 0 atom stereocenters. The van der Waals surface area contributed by atoms with Gasteiger partial charge in [-0.05, 0) is 49.2 Å². The summed E-state index contributed by atoms with van der Waals surface area (Å²) in [6, 6.07) is 9.27. The molecule has 0 bridgehead atoms. The molecule has 3 nitrogen and oxygen atoms in total. The van der Waals surface area contributed by atoms with Gasteiger partial charge in [-0.15, -0.1) is 0 Å². The van der Waals surface area contributed by atoms with Gasteiger partial charge in [-0.1, -0.05) is 12.1 Å². The van der Waals surface area contributed by atoms with Crippen LogP contribution in [-0.2, 0) is 4.79 Å². The average molecular weight is 304 g/mol. The predicted octanol–water partition coefficient (Wildman–Crippen LogP) is 4.02. The molecule has 2 aromatic rings. The van der Waals surface area contributed by atoms with Crippen LogP contribution in [0.25, 0.3) is 0 Å². The SMILES string of the molecule is Cc1ccc(NC(=O)CCNc2c(F)cccc2F)cc1C. The third-order valence-electron chi connectivity index (χ3n) is 3.41. The van der Waals surface area contributed by atoms with E-state index in [1.165, 1.54) is 18.2 Å². The number of benzene rings is 2. The molecule has 0 spiro atoms. The van der Waals surface area contributed by atoms with Crippen molar-refractivity contribution in [3.8, 4) is 0 Å². The number of carbonyl (C=O) groups excluding carboxylic acids is 1. The second kappa shape index (κ2) is 7.02. The first-order valence-electron chi connectivity index (χ1n) is 7.02. The zero-order valence-electron chi connectivity index (χ0n) is 12.5. The summed E-state index contributed by atoms with van der Waals surface area (Å²) in [5.74, 6) is -1.56. The van der Waals surface area contributed by atoms with E-state index in [1.807, 2.05) is 32.0 Å². The van der Waals surface area contributed by atoms with Gasteiger partial charge < -0.3 is 10.6 Å². The van der Waals surface area contributed by atoms with E-state index < -0.39 is 11.6 Å². The second-order valence-corrected chi connectivity index (χ2v) is 5.12. The molecule has 0 aliphatic heterocycles. The standard InChI is InChI=1S/C17H18F2N2O/c1-11-6-7-13(10-12(11)2)21-16(22)8-9-20-17-14(18)4-3-5-15(17)19/h3-7,10,20H,8-9H2,1-2H3,(H,21,22). The molecular formula is C17H18F2N2O. The van der Waals surface area contributed by atoms with Crippen LogP contribution in [0.4, 0.5) is 20.2 Å². The molecule has 0 unspecified atom stereocenters. The monoisotopic (exact) mass is 304 g/mol. The van der Waals surface area contributed by atoms with Crippen LogP contribution in [0.5, 0.6) is 0 Å². The fourth-order valence-electron chi connectivity index (χ4n) is 2.01. The Hall–Kier alpha value is -2.43. The summed E-state index contributed by atoms with van der Waals surface area (Å²) in [6.45, 7) is 4.11. The molecule has 0 saturated heterocycles. The van der Waals surface area contributed by atoms with Crippen molar-refractivity contribution in [1.29, 1.82) is 0 Å². The minimum Gasteiger partial charge on any atom is -0.380 e. The lowest BCUT2D eigenvalue weighted by Crippen LogP contribution is -2.17. The number of aryl methyl sites for hydroxylation is 2. The predicted molar refractivity (Wildman–Crippen MR) is 84.0 cm³/mol. The van der Waals surface area contributed by atoms with Gasteiger partial charge >= 0.3 is 0 Å². The Labute approximate surface area is 128 Å². The number of hydrogen-bond donors (Lipinski definition) is 2. The fraction of sp³-hybridized carbons (Fsp3) is 0.235. The molecule has 0 radical (unpaired) electrons. The van der Waals surface area contributed by atoms with Gasteiger partial charge in [0, 0.05) is 18.7 Å². The van der Waals surface area contributed by atoms with E-state index in [-0.39, 0.29) is 24.6 Å². The highest BCUT2D eigenvalue weighted by atomic mass is 19.1. The molecule has 1 amide bonds. The van der Waals surface area contributed by atoms with E-state index in [2.05, 4.69) is 10.6 Å². The lowest BCUT2D eigenvalue weighted by Gasteiger charge is -2.10. The van der Waals surface area contributed by atoms with Gasteiger partial charge in [-0.2, -0.15) is 0 Å². The van der Waals surface area contributed by atoms with E-state index in [0.29, 0.717) is 5.69 Å². The summed E-state index contributed by atoms with van der Waals surface area (Å²) in [7, 11) is 0. The Morgan fingerprint density at radius 2 is 1.73 bits per heavy atom. The number of amides is 1. The number of carbonyl (C=O) groups is 1. The molecule has 2 N–H and O–H groups in total. The van der Waals surface area contributed by atoms with Gasteiger partial charge in [0.2, 0.25) is 5.91 Å². The number of para-hydroxylation sites is 1. The smallest absolute Gasteiger partial charge is 0.226 e. The van der Waals surface area contributed by atoms with Crippen molar-refractivity contribution in [2.45, 2.75) is 20.3 Å². The van der Waals surface area contributed by atoms with Gasteiger partial charge in [0.15, 0.2) is 0 Å². The molecule has 0 aromatic heterocycles. The zero-order valence-corrected chi connectivity index (χ0v) is 12.5. The number of anilines is 2. The van der Waals surface area contributed by atoms with Crippen LogP contribution < -0.4 is 10.6 Å². The summed E-state index contributed by atoms with van der Waals surface area (Å²) < 4.78 is 26.8.